The fourth-order valence-corrected chi connectivity index (χ4v) is 2.72. The third-order valence-corrected chi connectivity index (χ3v) is 3.13. The van der Waals surface area contributed by atoms with Crippen molar-refractivity contribution in [3.8, 4) is 0 Å². The molecule has 0 spiro atoms. The quantitative estimate of drug-likeness (QED) is 0.582. The first-order valence-corrected chi connectivity index (χ1v) is 7.87. The van der Waals surface area contributed by atoms with Crippen molar-refractivity contribution < 1.29 is 19.0 Å². The molecule has 19 heavy (non-hydrogen) atoms. The molecule has 1 rings (SSSR count). The van der Waals surface area contributed by atoms with E-state index in [1.807, 2.05) is 34.6 Å². The van der Waals surface area contributed by atoms with E-state index in [0.29, 0.717) is 0 Å². The minimum absolute atomic E-state index is 0.121. The maximum absolute atomic E-state index is 11.9. The smallest absolute Gasteiger partial charge is 0.308 e. The van der Waals surface area contributed by atoms with Gasteiger partial charge in [0, 0.05) is 11.8 Å². The van der Waals surface area contributed by atoms with Crippen LogP contribution in [0.25, 0.3) is 0 Å². The molecular weight excluding hydrogens is 312 g/mol. The number of rotatable bonds is 4. The van der Waals surface area contributed by atoms with Crippen LogP contribution in [0.15, 0.2) is 0 Å². The lowest BCUT2D eigenvalue weighted by Gasteiger charge is -2.40. The monoisotopic (exact) mass is 336 g/mol. The molecule has 2 atom stereocenters. The van der Waals surface area contributed by atoms with Crippen LogP contribution in [-0.4, -0.2) is 34.9 Å². The van der Waals surface area contributed by atoms with E-state index < -0.39 is 11.4 Å². The molecule has 1 fully saturated rings. The van der Waals surface area contributed by atoms with Gasteiger partial charge in [-0.1, -0.05) is 15.9 Å². The Labute approximate surface area is 124 Å². The minimum Gasteiger partial charge on any atom is -0.460 e. The lowest BCUT2D eigenvalue weighted by Crippen LogP contribution is -2.45. The van der Waals surface area contributed by atoms with Crippen LogP contribution in [0.1, 0.15) is 53.9 Å². The topological polar surface area (TPSA) is 44.8 Å². The van der Waals surface area contributed by atoms with Gasteiger partial charge in [0.05, 0.1) is 18.6 Å². The molecular formula is C14H25BrO4. The Balaban J connectivity index is 2.54. The number of halogens is 1. The van der Waals surface area contributed by atoms with Crippen LogP contribution in [0.4, 0.5) is 0 Å². The molecule has 0 radical (unpaired) electrons. The number of carbonyl (C=O) groups excluding carboxylic acids is 1. The fourth-order valence-electron chi connectivity index (χ4n) is 2.21. The highest BCUT2D eigenvalue weighted by atomic mass is 79.9. The first-order chi connectivity index (χ1) is 8.61. The number of ether oxygens (including phenoxy) is 3. The van der Waals surface area contributed by atoms with E-state index in [0.717, 1.165) is 18.2 Å². The van der Waals surface area contributed by atoms with Crippen LogP contribution in [-0.2, 0) is 19.0 Å². The number of carbonyl (C=O) groups is 1. The Bertz CT molecular complexity index is 309. The molecule has 0 aromatic carbocycles. The molecule has 112 valence electrons. The van der Waals surface area contributed by atoms with Gasteiger partial charge in [-0.3, -0.25) is 4.79 Å². The largest absolute Gasteiger partial charge is 0.460 e. The summed E-state index contributed by atoms with van der Waals surface area (Å²) in [7, 11) is 0. The second-order valence-electron chi connectivity index (χ2n) is 6.38. The van der Waals surface area contributed by atoms with Gasteiger partial charge in [-0.05, 0) is 41.0 Å². The second kappa shape index (κ2) is 6.55. The highest BCUT2D eigenvalue weighted by Gasteiger charge is 2.36. The van der Waals surface area contributed by atoms with Gasteiger partial charge in [-0.15, -0.1) is 0 Å². The van der Waals surface area contributed by atoms with Crippen molar-refractivity contribution in [2.45, 2.75) is 77.5 Å². The molecule has 0 saturated carbocycles. The molecule has 0 aromatic heterocycles. The highest BCUT2D eigenvalue weighted by Crippen LogP contribution is 2.30. The van der Waals surface area contributed by atoms with Crippen molar-refractivity contribution in [3.05, 3.63) is 0 Å². The van der Waals surface area contributed by atoms with Gasteiger partial charge in [-0.25, -0.2) is 0 Å². The third-order valence-electron chi connectivity index (χ3n) is 2.67. The normalized spacial score (nSPS) is 27.1. The molecule has 1 aliphatic rings. The van der Waals surface area contributed by atoms with Crippen LogP contribution in [0.3, 0.4) is 0 Å². The molecule has 5 heteroatoms. The second-order valence-corrected chi connectivity index (χ2v) is 7.18. The van der Waals surface area contributed by atoms with Gasteiger partial charge in [0.1, 0.15) is 5.60 Å². The molecule has 4 nitrogen and oxygen atoms in total. The number of hydrogen-bond acceptors (Lipinski definition) is 4. The summed E-state index contributed by atoms with van der Waals surface area (Å²) < 4.78 is 17.0. The Morgan fingerprint density at radius 3 is 2.42 bits per heavy atom. The molecule has 1 heterocycles. The average molecular weight is 337 g/mol. The van der Waals surface area contributed by atoms with Crippen LogP contribution in [0.5, 0.6) is 0 Å². The lowest BCUT2D eigenvalue weighted by atomic mass is 10.0. The molecule has 0 N–H and O–H groups in total. The third kappa shape index (κ3) is 6.72. The Morgan fingerprint density at radius 1 is 1.32 bits per heavy atom. The Hall–Kier alpha value is -0.130. The highest BCUT2D eigenvalue weighted by molar-refractivity contribution is 9.09. The van der Waals surface area contributed by atoms with Crippen LogP contribution in [0, 0.1) is 0 Å². The van der Waals surface area contributed by atoms with Gasteiger partial charge < -0.3 is 14.2 Å². The van der Waals surface area contributed by atoms with Crippen molar-refractivity contribution in [3.63, 3.8) is 0 Å². The van der Waals surface area contributed by atoms with E-state index in [9.17, 15) is 4.79 Å². The van der Waals surface area contributed by atoms with Gasteiger partial charge in [0.15, 0.2) is 5.79 Å². The van der Waals surface area contributed by atoms with Crippen LogP contribution >= 0.6 is 15.9 Å². The van der Waals surface area contributed by atoms with Crippen LogP contribution in [0.2, 0.25) is 0 Å². The van der Waals surface area contributed by atoms with E-state index in [4.69, 9.17) is 14.2 Å². The summed E-state index contributed by atoms with van der Waals surface area (Å²) in [4.78, 5) is 11.9. The summed E-state index contributed by atoms with van der Waals surface area (Å²) >= 11 is 3.42. The predicted octanol–water partition coefficient (Wildman–Crippen LogP) is 3.41. The SMILES string of the molecule is CC(C)(C)OC(=O)C[C@H]1C[C@@H](CCBr)OC(C)(C)O1. The van der Waals surface area contributed by atoms with Crippen molar-refractivity contribution in [2.24, 2.45) is 0 Å². The van der Waals surface area contributed by atoms with Gasteiger partial charge in [0.2, 0.25) is 0 Å². The first kappa shape index (κ1) is 16.9. The fraction of sp³-hybridized carbons (Fsp3) is 0.929. The first-order valence-electron chi connectivity index (χ1n) is 6.75. The summed E-state index contributed by atoms with van der Waals surface area (Å²) in [5.74, 6) is -0.856. The molecule has 1 aliphatic heterocycles. The minimum atomic E-state index is -0.641. The van der Waals surface area contributed by atoms with Crippen molar-refractivity contribution >= 4 is 21.9 Å². The maximum Gasteiger partial charge on any atom is 0.308 e. The van der Waals surface area contributed by atoms with Gasteiger partial charge in [0.25, 0.3) is 0 Å². The zero-order valence-electron chi connectivity index (χ0n) is 12.5. The van der Waals surface area contributed by atoms with Crippen molar-refractivity contribution in [2.75, 3.05) is 5.33 Å². The van der Waals surface area contributed by atoms with E-state index in [1.54, 1.807) is 0 Å². The van der Waals surface area contributed by atoms with E-state index >= 15 is 0 Å². The van der Waals surface area contributed by atoms with Crippen LogP contribution < -0.4 is 0 Å². The summed E-state index contributed by atoms with van der Waals surface area (Å²) in [5, 5.41) is 0.882. The summed E-state index contributed by atoms with van der Waals surface area (Å²) in [6.45, 7) is 9.37. The predicted molar refractivity (Wildman–Crippen MR) is 77.3 cm³/mol. The maximum atomic E-state index is 11.9. The van der Waals surface area contributed by atoms with E-state index in [-0.39, 0.29) is 24.6 Å². The zero-order chi connectivity index (χ0) is 14.7. The lowest BCUT2D eigenvalue weighted by molar-refractivity contribution is -0.300. The molecule has 0 aromatic rings. The molecule has 0 aliphatic carbocycles. The van der Waals surface area contributed by atoms with E-state index in [1.165, 1.54) is 0 Å². The van der Waals surface area contributed by atoms with E-state index in [2.05, 4.69) is 15.9 Å². The zero-order valence-corrected chi connectivity index (χ0v) is 14.1. The molecule has 0 amide bonds. The number of hydrogen-bond donors (Lipinski definition) is 0. The van der Waals surface area contributed by atoms with Crippen molar-refractivity contribution in [1.82, 2.24) is 0 Å². The number of alkyl halides is 1. The Kier molecular flexibility index (Phi) is 5.83. The Morgan fingerprint density at radius 2 is 1.89 bits per heavy atom. The molecule has 0 bridgehead atoms. The summed E-state index contributed by atoms with van der Waals surface area (Å²) in [6.07, 6.45) is 1.91. The standard InChI is InChI=1S/C14H25BrO4/c1-13(2,3)19-12(16)9-11-8-10(6-7-15)17-14(4,5)18-11/h10-11H,6-9H2,1-5H3/t10-,11-/m1/s1. The summed E-state index contributed by atoms with van der Waals surface area (Å²) in [6, 6.07) is 0. The van der Waals surface area contributed by atoms with Gasteiger partial charge in [-0.2, -0.15) is 0 Å². The summed E-state index contributed by atoms with van der Waals surface area (Å²) in [5.41, 5.74) is -0.451. The molecule has 0 unspecified atom stereocenters. The van der Waals surface area contributed by atoms with Crippen molar-refractivity contribution in [1.29, 1.82) is 0 Å². The average Bonchev–Trinajstić information content (AvgIpc) is 2.10. The van der Waals surface area contributed by atoms with Gasteiger partial charge >= 0.3 is 5.97 Å². The number of esters is 1. The molecule has 1 saturated heterocycles.